The van der Waals surface area contributed by atoms with E-state index >= 15 is 0 Å². The predicted octanol–water partition coefficient (Wildman–Crippen LogP) is 3.65. The Morgan fingerprint density at radius 2 is 1.74 bits per heavy atom. The van der Waals surface area contributed by atoms with Gasteiger partial charge in [0.1, 0.15) is 5.82 Å². The minimum atomic E-state index is -0.440. The number of hydrogen-bond acceptors (Lipinski definition) is 2. The van der Waals surface area contributed by atoms with Crippen LogP contribution < -0.4 is 11.3 Å². The van der Waals surface area contributed by atoms with Crippen LogP contribution in [-0.4, -0.2) is 0 Å². The van der Waals surface area contributed by atoms with Crippen molar-refractivity contribution < 1.29 is 4.39 Å². The van der Waals surface area contributed by atoms with Crippen LogP contribution in [0.1, 0.15) is 28.3 Å². The molecule has 0 bridgehead atoms. The summed E-state index contributed by atoms with van der Waals surface area (Å²) in [6.45, 7) is 4.04. The summed E-state index contributed by atoms with van der Waals surface area (Å²) in [5.41, 5.74) is 6.63. The molecule has 0 aliphatic rings. The topological polar surface area (TPSA) is 38.0 Å². The molecule has 0 radical (unpaired) electrons. The zero-order valence-corrected chi connectivity index (χ0v) is 11.6. The molecule has 1 unspecified atom stereocenters. The maximum Gasteiger partial charge on any atom is 0.142 e. The molecular formula is C15H16ClFN2. The van der Waals surface area contributed by atoms with E-state index in [0.29, 0.717) is 5.56 Å². The molecule has 4 heteroatoms. The quantitative estimate of drug-likeness (QED) is 0.664. The Balaban J connectivity index is 2.57. The van der Waals surface area contributed by atoms with E-state index in [9.17, 15) is 4.39 Å². The van der Waals surface area contributed by atoms with Crippen molar-refractivity contribution in [3.8, 4) is 0 Å². The van der Waals surface area contributed by atoms with Crippen molar-refractivity contribution in [2.45, 2.75) is 19.9 Å². The molecule has 100 valence electrons. The van der Waals surface area contributed by atoms with E-state index in [1.54, 1.807) is 12.1 Å². The number of halogens is 2. The second kappa shape index (κ2) is 5.70. The molecule has 0 fully saturated rings. The summed E-state index contributed by atoms with van der Waals surface area (Å²) >= 11 is 6.04. The Labute approximate surface area is 117 Å². The van der Waals surface area contributed by atoms with Gasteiger partial charge in [0, 0.05) is 0 Å². The van der Waals surface area contributed by atoms with Gasteiger partial charge in [-0.05, 0) is 42.2 Å². The molecule has 2 rings (SSSR count). The van der Waals surface area contributed by atoms with Gasteiger partial charge in [-0.2, -0.15) is 0 Å². The van der Waals surface area contributed by atoms with E-state index in [1.165, 1.54) is 6.07 Å². The molecule has 3 N–H and O–H groups in total. The fraction of sp³-hybridized carbons (Fsp3) is 0.200. The van der Waals surface area contributed by atoms with Gasteiger partial charge in [0.25, 0.3) is 0 Å². The molecule has 0 aliphatic carbocycles. The van der Waals surface area contributed by atoms with Crippen molar-refractivity contribution in [3.63, 3.8) is 0 Å². The lowest BCUT2D eigenvalue weighted by Crippen LogP contribution is -2.29. The molecule has 2 aromatic rings. The third-order valence-corrected chi connectivity index (χ3v) is 3.82. The first-order valence-corrected chi connectivity index (χ1v) is 6.40. The Morgan fingerprint density at radius 3 is 2.42 bits per heavy atom. The van der Waals surface area contributed by atoms with Gasteiger partial charge < -0.3 is 0 Å². The van der Waals surface area contributed by atoms with Gasteiger partial charge in [-0.3, -0.25) is 5.84 Å². The third kappa shape index (κ3) is 2.63. The monoisotopic (exact) mass is 278 g/mol. The van der Waals surface area contributed by atoms with Crippen molar-refractivity contribution in [3.05, 3.63) is 69.5 Å². The predicted molar refractivity (Wildman–Crippen MR) is 76.5 cm³/mol. The molecule has 0 saturated carbocycles. The number of aryl methyl sites for hydroxylation is 1. The standard InChI is InChI=1S/C15H16ClFN2/c1-9-5-3-6-11(10(9)2)15(19-18)12-7-4-8-13(17)14(12)16/h3-8,15,19H,18H2,1-2H3. The highest BCUT2D eigenvalue weighted by molar-refractivity contribution is 6.31. The molecule has 0 amide bonds. The number of hydrazine groups is 1. The lowest BCUT2D eigenvalue weighted by molar-refractivity contribution is 0.604. The SMILES string of the molecule is Cc1cccc(C(NN)c2cccc(F)c2Cl)c1C. The number of nitrogens with one attached hydrogen (secondary N) is 1. The van der Waals surface area contributed by atoms with Crippen LogP contribution in [0.4, 0.5) is 4.39 Å². The zero-order valence-electron chi connectivity index (χ0n) is 10.9. The van der Waals surface area contributed by atoms with Gasteiger partial charge >= 0.3 is 0 Å². The highest BCUT2D eigenvalue weighted by Gasteiger charge is 2.19. The highest BCUT2D eigenvalue weighted by atomic mass is 35.5. The largest absolute Gasteiger partial charge is 0.271 e. The smallest absolute Gasteiger partial charge is 0.142 e. The maximum absolute atomic E-state index is 13.6. The van der Waals surface area contributed by atoms with Crippen LogP contribution in [0.5, 0.6) is 0 Å². The van der Waals surface area contributed by atoms with Crippen LogP contribution in [0, 0.1) is 19.7 Å². The van der Waals surface area contributed by atoms with Gasteiger partial charge in [0.2, 0.25) is 0 Å². The van der Waals surface area contributed by atoms with Crippen LogP contribution in [0.3, 0.4) is 0 Å². The Hall–Kier alpha value is -1.42. The molecule has 0 aliphatic heterocycles. The second-order valence-corrected chi connectivity index (χ2v) is 4.91. The molecule has 19 heavy (non-hydrogen) atoms. The summed E-state index contributed by atoms with van der Waals surface area (Å²) in [7, 11) is 0. The van der Waals surface area contributed by atoms with Crippen LogP contribution in [0.2, 0.25) is 5.02 Å². The van der Waals surface area contributed by atoms with Gasteiger partial charge in [0.05, 0.1) is 11.1 Å². The molecule has 2 aromatic carbocycles. The van der Waals surface area contributed by atoms with Crippen LogP contribution >= 0.6 is 11.6 Å². The van der Waals surface area contributed by atoms with Crippen molar-refractivity contribution >= 4 is 11.6 Å². The molecule has 0 heterocycles. The van der Waals surface area contributed by atoms with E-state index < -0.39 is 5.82 Å². The first-order valence-electron chi connectivity index (χ1n) is 6.02. The van der Waals surface area contributed by atoms with Crippen LogP contribution in [-0.2, 0) is 0 Å². The normalized spacial score (nSPS) is 12.5. The van der Waals surface area contributed by atoms with E-state index in [-0.39, 0.29) is 11.1 Å². The first kappa shape index (κ1) is 14.0. The van der Waals surface area contributed by atoms with Crippen LogP contribution in [0.15, 0.2) is 36.4 Å². The van der Waals surface area contributed by atoms with Gasteiger partial charge in [-0.15, -0.1) is 0 Å². The fourth-order valence-electron chi connectivity index (χ4n) is 2.18. The van der Waals surface area contributed by atoms with Gasteiger partial charge in [-0.1, -0.05) is 41.9 Å². The minimum absolute atomic E-state index is 0.103. The number of rotatable bonds is 3. The van der Waals surface area contributed by atoms with E-state index in [2.05, 4.69) is 5.43 Å². The van der Waals surface area contributed by atoms with E-state index in [1.807, 2.05) is 32.0 Å². The van der Waals surface area contributed by atoms with Crippen molar-refractivity contribution in [1.82, 2.24) is 5.43 Å². The summed E-state index contributed by atoms with van der Waals surface area (Å²) in [4.78, 5) is 0. The fourth-order valence-corrected chi connectivity index (χ4v) is 2.41. The molecule has 2 nitrogen and oxygen atoms in total. The second-order valence-electron chi connectivity index (χ2n) is 4.53. The summed E-state index contributed by atoms with van der Waals surface area (Å²) in [5, 5.41) is 0.103. The molecule has 0 spiro atoms. The lowest BCUT2D eigenvalue weighted by atomic mass is 9.93. The molecule has 0 aromatic heterocycles. The summed E-state index contributed by atoms with van der Waals surface area (Å²) in [6, 6.07) is 10.4. The summed E-state index contributed by atoms with van der Waals surface area (Å²) in [5.74, 6) is 5.20. The third-order valence-electron chi connectivity index (χ3n) is 3.42. The van der Waals surface area contributed by atoms with Crippen molar-refractivity contribution in [2.75, 3.05) is 0 Å². The molecule has 0 saturated heterocycles. The first-order chi connectivity index (χ1) is 9.06. The summed E-state index contributed by atoms with van der Waals surface area (Å²) < 4.78 is 13.6. The maximum atomic E-state index is 13.6. The van der Waals surface area contributed by atoms with Gasteiger partial charge in [0.15, 0.2) is 0 Å². The molecule has 1 atom stereocenters. The Kier molecular flexibility index (Phi) is 4.20. The molecular weight excluding hydrogens is 263 g/mol. The zero-order chi connectivity index (χ0) is 14.0. The van der Waals surface area contributed by atoms with E-state index in [4.69, 9.17) is 17.4 Å². The lowest BCUT2D eigenvalue weighted by Gasteiger charge is -2.21. The van der Waals surface area contributed by atoms with Crippen molar-refractivity contribution in [2.24, 2.45) is 5.84 Å². The average Bonchev–Trinajstić information content (AvgIpc) is 2.40. The average molecular weight is 279 g/mol. The van der Waals surface area contributed by atoms with E-state index in [0.717, 1.165) is 16.7 Å². The Bertz CT molecular complexity index is 547. The van der Waals surface area contributed by atoms with Gasteiger partial charge in [-0.25, -0.2) is 9.82 Å². The van der Waals surface area contributed by atoms with Crippen LogP contribution in [0.25, 0.3) is 0 Å². The Morgan fingerprint density at radius 1 is 1.11 bits per heavy atom. The number of benzene rings is 2. The highest BCUT2D eigenvalue weighted by Crippen LogP contribution is 2.31. The summed E-state index contributed by atoms with van der Waals surface area (Å²) in [6.07, 6.45) is 0. The number of nitrogens with two attached hydrogens (primary N) is 1. The van der Waals surface area contributed by atoms with Crippen molar-refractivity contribution in [1.29, 1.82) is 0 Å². The minimum Gasteiger partial charge on any atom is -0.271 e. The number of hydrogen-bond donors (Lipinski definition) is 2.